The number of carbonyl (C=O) groups excluding carboxylic acids is 1. The average Bonchev–Trinajstić information content (AvgIpc) is 3.01. The van der Waals surface area contributed by atoms with E-state index >= 15 is 0 Å². The van der Waals surface area contributed by atoms with E-state index in [1.54, 1.807) is 20.8 Å². The van der Waals surface area contributed by atoms with Gasteiger partial charge in [-0.15, -0.1) is 0 Å². The lowest BCUT2D eigenvalue weighted by atomic mass is 10.2. The number of nitrogens with zero attached hydrogens (tertiary/aromatic N) is 2. The van der Waals surface area contributed by atoms with Crippen LogP contribution in [0.5, 0.6) is 0 Å². The number of hydrogen-bond donors (Lipinski definition) is 2. The van der Waals surface area contributed by atoms with Crippen molar-refractivity contribution >= 4 is 15.9 Å². The highest BCUT2D eigenvalue weighted by atomic mass is 32.2. The largest absolute Gasteiger partial charge is 0.341 e. The van der Waals surface area contributed by atoms with Crippen LogP contribution in [0.25, 0.3) is 0 Å². The summed E-state index contributed by atoms with van der Waals surface area (Å²) in [4.78, 5) is 16.4. The van der Waals surface area contributed by atoms with Gasteiger partial charge in [0.2, 0.25) is 15.9 Å². The molecule has 1 aromatic carbocycles. The molecule has 9 heteroatoms. The summed E-state index contributed by atoms with van der Waals surface area (Å²) in [6.07, 6.45) is 0.687. The minimum atomic E-state index is -3.59. The van der Waals surface area contributed by atoms with E-state index < -0.39 is 16.1 Å². The maximum atomic E-state index is 12.3. The first-order chi connectivity index (χ1) is 11.7. The molecule has 2 N–H and O–H groups in total. The maximum Gasteiger partial charge on any atom is 0.251 e. The zero-order valence-electron chi connectivity index (χ0n) is 14.6. The molecule has 2 unspecified atom stereocenters. The fraction of sp³-hybridized carbons (Fsp3) is 0.438. The van der Waals surface area contributed by atoms with Crippen molar-refractivity contribution < 1.29 is 17.7 Å². The Bertz CT molecular complexity index is 830. The van der Waals surface area contributed by atoms with E-state index in [0.29, 0.717) is 23.7 Å². The van der Waals surface area contributed by atoms with Crippen molar-refractivity contribution in [3.05, 3.63) is 41.5 Å². The first kappa shape index (κ1) is 19.1. The third-order valence-electron chi connectivity index (χ3n) is 3.66. The van der Waals surface area contributed by atoms with Crippen LogP contribution in [0.15, 0.2) is 33.7 Å². The molecule has 8 nitrogen and oxygen atoms in total. The molecule has 1 aromatic heterocycles. The van der Waals surface area contributed by atoms with Crippen molar-refractivity contribution in [3.63, 3.8) is 0 Å². The summed E-state index contributed by atoms with van der Waals surface area (Å²) in [6, 6.07) is 5.12. The van der Waals surface area contributed by atoms with Crippen LogP contribution in [-0.2, 0) is 10.0 Å². The fourth-order valence-corrected chi connectivity index (χ4v) is 3.36. The van der Waals surface area contributed by atoms with Gasteiger partial charge in [-0.25, -0.2) is 13.1 Å². The molecule has 0 saturated carbocycles. The van der Waals surface area contributed by atoms with Gasteiger partial charge in [-0.3, -0.25) is 4.79 Å². The lowest BCUT2D eigenvalue weighted by molar-refractivity contribution is 0.0932. The molecular formula is C16H22N4O4S. The fourth-order valence-electron chi connectivity index (χ4n) is 2.03. The lowest BCUT2D eigenvalue weighted by Crippen LogP contribution is -2.32. The lowest BCUT2D eigenvalue weighted by Gasteiger charge is -2.13. The van der Waals surface area contributed by atoms with Crippen molar-refractivity contribution in [1.82, 2.24) is 20.2 Å². The molecule has 0 aliphatic rings. The minimum absolute atomic E-state index is 0.116. The summed E-state index contributed by atoms with van der Waals surface area (Å²) in [5.74, 6) is 0.435. The Balaban J connectivity index is 2.07. The first-order valence-corrected chi connectivity index (χ1v) is 9.44. The van der Waals surface area contributed by atoms with E-state index in [9.17, 15) is 13.2 Å². The topological polar surface area (TPSA) is 114 Å². The standard InChI is InChI=1S/C16H22N4O4S/c1-5-10(2)20-25(22,23)14-8-6-13(7-9-14)15(21)17-11(3)16-18-12(4)19-24-16/h6-11,20H,5H2,1-4H3,(H,17,21). The molecule has 0 aliphatic carbocycles. The molecule has 25 heavy (non-hydrogen) atoms. The summed E-state index contributed by atoms with van der Waals surface area (Å²) >= 11 is 0. The first-order valence-electron chi connectivity index (χ1n) is 7.96. The van der Waals surface area contributed by atoms with Crippen molar-refractivity contribution in [2.75, 3.05) is 0 Å². The van der Waals surface area contributed by atoms with Gasteiger partial charge in [-0.1, -0.05) is 12.1 Å². The number of rotatable bonds is 7. The predicted molar refractivity (Wildman–Crippen MR) is 91.4 cm³/mol. The molecule has 0 radical (unpaired) electrons. The molecule has 1 heterocycles. The van der Waals surface area contributed by atoms with E-state index in [1.165, 1.54) is 24.3 Å². The van der Waals surface area contributed by atoms with Crippen molar-refractivity contribution in [2.45, 2.75) is 51.1 Å². The predicted octanol–water partition coefficient (Wildman–Crippen LogP) is 1.95. The quantitative estimate of drug-likeness (QED) is 0.774. The van der Waals surface area contributed by atoms with Crippen LogP contribution in [0, 0.1) is 6.92 Å². The van der Waals surface area contributed by atoms with E-state index in [1.807, 2.05) is 6.92 Å². The second-order valence-corrected chi connectivity index (χ2v) is 7.54. The van der Waals surface area contributed by atoms with Crippen LogP contribution in [0.2, 0.25) is 0 Å². The van der Waals surface area contributed by atoms with Gasteiger partial charge in [-0.2, -0.15) is 4.98 Å². The van der Waals surface area contributed by atoms with E-state index in [-0.39, 0.29) is 16.8 Å². The van der Waals surface area contributed by atoms with Gasteiger partial charge in [0.1, 0.15) is 6.04 Å². The van der Waals surface area contributed by atoms with Crippen molar-refractivity contribution in [2.24, 2.45) is 0 Å². The number of carbonyl (C=O) groups is 1. The van der Waals surface area contributed by atoms with Crippen LogP contribution in [0.3, 0.4) is 0 Å². The number of aromatic nitrogens is 2. The van der Waals surface area contributed by atoms with Gasteiger partial charge in [0.15, 0.2) is 5.82 Å². The number of nitrogens with one attached hydrogen (secondary N) is 2. The summed E-state index contributed by atoms with van der Waals surface area (Å²) < 4.78 is 32.0. The highest BCUT2D eigenvalue weighted by Crippen LogP contribution is 2.14. The van der Waals surface area contributed by atoms with E-state index in [0.717, 1.165) is 0 Å². The van der Waals surface area contributed by atoms with Crippen LogP contribution < -0.4 is 10.0 Å². The highest BCUT2D eigenvalue weighted by Gasteiger charge is 2.19. The van der Waals surface area contributed by atoms with Gasteiger partial charge in [0, 0.05) is 11.6 Å². The number of aryl methyl sites for hydroxylation is 1. The molecule has 2 rings (SSSR count). The summed E-state index contributed by atoms with van der Waals surface area (Å²) in [5, 5.41) is 6.40. The number of hydrogen-bond acceptors (Lipinski definition) is 6. The molecule has 0 aliphatic heterocycles. The molecule has 136 valence electrons. The molecule has 2 atom stereocenters. The van der Waals surface area contributed by atoms with Crippen molar-refractivity contribution in [3.8, 4) is 0 Å². The third kappa shape index (κ3) is 4.86. The highest BCUT2D eigenvalue weighted by molar-refractivity contribution is 7.89. The van der Waals surface area contributed by atoms with Gasteiger partial charge >= 0.3 is 0 Å². The van der Waals surface area contributed by atoms with Gasteiger partial charge in [-0.05, 0) is 51.5 Å². The molecule has 1 amide bonds. The molecule has 0 spiro atoms. The number of sulfonamides is 1. The van der Waals surface area contributed by atoms with Gasteiger partial charge in [0.25, 0.3) is 5.91 Å². The minimum Gasteiger partial charge on any atom is -0.341 e. The molecular weight excluding hydrogens is 344 g/mol. The monoisotopic (exact) mass is 366 g/mol. The second-order valence-electron chi connectivity index (χ2n) is 5.83. The SMILES string of the molecule is CCC(C)NS(=O)(=O)c1ccc(C(=O)NC(C)c2nc(C)no2)cc1. The van der Waals surface area contributed by atoms with Crippen LogP contribution in [0.4, 0.5) is 0 Å². The third-order valence-corrected chi connectivity index (χ3v) is 5.26. The Morgan fingerprint density at radius 2 is 1.88 bits per heavy atom. The summed E-state index contributed by atoms with van der Waals surface area (Å²) in [6.45, 7) is 7.10. The normalized spacial score (nSPS) is 14.1. The van der Waals surface area contributed by atoms with Crippen LogP contribution in [0.1, 0.15) is 55.3 Å². The molecule has 0 bridgehead atoms. The van der Waals surface area contributed by atoms with E-state index in [4.69, 9.17) is 4.52 Å². The average molecular weight is 366 g/mol. The Morgan fingerprint density at radius 1 is 1.24 bits per heavy atom. The molecule has 0 fully saturated rings. The number of amides is 1. The Morgan fingerprint density at radius 3 is 2.40 bits per heavy atom. The summed E-state index contributed by atoms with van der Waals surface area (Å²) in [5.41, 5.74) is 0.338. The second kappa shape index (κ2) is 7.75. The Kier molecular flexibility index (Phi) is 5.91. The van der Waals surface area contributed by atoms with E-state index in [2.05, 4.69) is 20.2 Å². The molecule has 2 aromatic rings. The van der Waals surface area contributed by atoms with Crippen LogP contribution in [-0.4, -0.2) is 30.5 Å². The van der Waals surface area contributed by atoms with Gasteiger partial charge < -0.3 is 9.84 Å². The van der Waals surface area contributed by atoms with Crippen LogP contribution >= 0.6 is 0 Å². The van der Waals surface area contributed by atoms with Crippen molar-refractivity contribution in [1.29, 1.82) is 0 Å². The smallest absolute Gasteiger partial charge is 0.251 e. The zero-order chi connectivity index (χ0) is 18.6. The molecule has 0 saturated heterocycles. The maximum absolute atomic E-state index is 12.3. The van der Waals surface area contributed by atoms with Gasteiger partial charge in [0.05, 0.1) is 4.90 Å². The number of benzene rings is 1. The zero-order valence-corrected chi connectivity index (χ0v) is 15.4. The summed E-state index contributed by atoms with van der Waals surface area (Å²) in [7, 11) is -3.59. The Labute approximate surface area is 147 Å². The Hall–Kier alpha value is -2.26.